The Morgan fingerprint density at radius 3 is 2.82 bits per heavy atom. The standard InChI is InChI=1S/C20H21N7O/c28-15-4-1-13(2-5-15)26-20-22-10-17-18(27-20)19(24-11-23-17)25-14-3-6-16-12(9-14)7-8-21-16/h3,6-11,13,15,21,28H,1-2,4-5H2,(H,22,26,27)(H,23,24,25)/t13-,15-. The van der Waals surface area contributed by atoms with Crippen LogP contribution in [0.1, 0.15) is 25.7 Å². The summed E-state index contributed by atoms with van der Waals surface area (Å²) in [5.41, 5.74) is 3.38. The van der Waals surface area contributed by atoms with Crippen LogP contribution in [-0.4, -0.2) is 42.2 Å². The van der Waals surface area contributed by atoms with Crippen LogP contribution in [0.3, 0.4) is 0 Å². The summed E-state index contributed by atoms with van der Waals surface area (Å²) in [5.74, 6) is 1.21. The minimum atomic E-state index is -0.183. The maximum atomic E-state index is 9.68. The van der Waals surface area contributed by atoms with E-state index in [2.05, 4.69) is 41.6 Å². The predicted octanol–water partition coefficient (Wildman–Crippen LogP) is 3.36. The quantitative estimate of drug-likeness (QED) is 0.433. The van der Waals surface area contributed by atoms with Crippen molar-refractivity contribution in [2.24, 2.45) is 0 Å². The van der Waals surface area contributed by atoms with Gasteiger partial charge in [0, 0.05) is 28.8 Å². The molecule has 0 amide bonds. The van der Waals surface area contributed by atoms with E-state index in [0.29, 0.717) is 22.8 Å². The molecule has 28 heavy (non-hydrogen) atoms. The predicted molar refractivity (Wildman–Crippen MR) is 109 cm³/mol. The van der Waals surface area contributed by atoms with E-state index in [9.17, 15) is 5.11 Å². The zero-order valence-corrected chi connectivity index (χ0v) is 15.3. The molecule has 8 nitrogen and oxygen atoms in total. The van der Waals surface area contributed by atoms with Crippen LogP contribution >= 0.6 is 0 Å². The number of hydrogen-bond acceptors (Lipinski definition) is 7. The summed E-state index contributed by atoms with van der Waals surface area (Å²) < 4.78 is 0. The Hall–Kier alpha value is -3.26. The van der Waals surface area contributed by atoms with Crippen LogP contribution in [-0.2, 0) is 0 Å². The molecule has 0 saturated heterocycles. The third-order valence-corrected chi connectivity index (χ3v) is 5.22. The molecule has 1 fully saturated rings. The summed E-state index contributed by atoms with van der Waals surface area (Å²) in [7, 11) is 0. The minimum Gasteiger partial charge on any atom is -0.393 e. The first kappa shape index (κ1) is 16.9. The van der Waals surface area contributed by atoms with E-state index in [1.165, 1.54) is 6.33 Å². The molecule has 0 radical (unpaired) electrons. The molecule has 1 aromatic carbocycles. The zero-order chi connectivity index (χ0) is 18.9. The van der Waals surface area contributed by atoms with Crippen molar-refractivity contribution < 1.29 is 5.11 Å². The molecular formula is C20H21N7O. The number of fused-ring (bicyclic) bond motifs is 2. The number of anilines is 3. The fourth-order valence-electron chi connectivity index (χ4n) is 3.69. The number of aliphatic hydroxyl groups excluding tert-OH is 1. The lowest BCUT2D eigenvalue weighted by Gasteiger charge is -2.26. The molecule has 5 rings (SSSR count). The Morgan fingerprint density at radius 1 is 1.04 bits per heavy atom. The Morgan fingerprint density at radius 2 is 1.93 bits per heavy atom. The molecule has 8 heteroatoms. The molecule has 4 N–H and O–H groups in total. The van der Waals surface area contributed by atoms with Crippen molar-refractivity contribution in [2.75, 3.05) is 10.6 Å². The van der Waals surface area contributed by atoms with Gasteiger partial charge in [0.1, 0.15) is 17.4 Å². The highest BCUT2D eigenvalue weighted by molar-refractivity contribution is 5.89. The van der Waals surface area contributed by atoms with Crippen molar-refractivity contribution in [3.63, 3.8) is 0 Å². The number of rotatable bonds is 4. The molecule has 0 spiro atoms. The molecule has 0 aliphatic heterocycles. The lowest BCUT2D eigenvalue weighted by Crippen LogP contribution is -2.28. The lowest BCUT2D eigenvalue weighted by atomic mass is 9.93. The van der Waals surface area contributed by atoms with Gasteiger partial charge < -0.3 is 20.7 Å². The maximum absolute atomic E-state index is 9.68. The third-order valence-electron chi connectivity index (χ3n) is 5.22. The minimum absolute atomic E-state index is 0.183. The molecule has 4 aromatic rings. The Balaban J connectivity index is 1.43. The van der Waals surface area contributed by atoms with Gasteiger partial charge in [-0.25, -0.2) is 19.9 Å². The van der Waals surface area contributed by atoms with E-state index < -0.39 is 0 Å². The van der Waals surface area contributed by atoms with Crippen LogP contribution in [0.25, 0.3) is 21.9 Å². The Labute approximate surface area is 161 Å². The number of nitrogens with one attached hydrogen (secondary N) is 3. The second-order valence-corrected chi connectivity index (χ2v) is 7.20. The third kappa shape index (κ3) is 3.34. The van der Waals surface area contributed by atoms with E-state index in [4.69, 9.17) is 0 Å². The van der Waals surface area contributed by atoms with Crippen molar-refractivity contribution in [1.29, 1.82) is 0 Å². The van der Waals surface area contributed by atoms with Gasteiger partial charge in [-0.3, -0.25) is 0 Å². The lowest BCUT2D eigenvalue weighted by molar-refractivity contribution is 0.126. The van der Waals surface area contributed by atoms with Gasteiger partial charge in [0.25, 0.3) is 0 Å². The first-order valence-electron chi connectivity index (χ1n) is 9.51. The smallest absolute Gasteiger partial charge is 0.223 e. The molecule has 3 aromatic heterocycles. The van der Waals surface area contributed by atoms with Crippen LogP contribution in [0.2, 0.25) is 0 Å². The number of aliphatic hydroxyl groups is 1. The van der Waals surface area contributed by atoms with Gasteiger partial charge in [0.05, 0.1) is 12.3 Å². The van der Waals surface area contributed by atoms with Crippen molar-refractivity contribution in [1.82, 2.24) is 24.9 Å². The maximum Gasteiger partial charge on any atom is 0.223 e. The zero-order valence-electron chi connectivity index (χ0n) is 15.3. The molecular weight excluding hydrogens is 354 g/mol. The summed E-state index contributed by atoms with van der Waals surface area (Å²) in [5, 5.41) is 17.5. The normalized spacial score (nSPS) is 19.8. The summed E-state index contributed by atoms with van der Waals surface area (Å²) >= 11 is 0. The summed E-state index contributed by atoms with van der Waals surface area (Å²) in [6.07, 6.45) is 8.40. The molecule has 3 heterocycles. The van der Waals surface area contributed by atoms with E-state index >= 15 is 0 Å². The molecule has 0 atom stereocenters. The van der Waals surface area contributed by atoms with Crippen LogP contribution < -0.4 is 10.6 Å². The monoisotopic (exact) mass is 375 g/mol. The molecule has 0 bridgehead atoms. The van der Waals surface area contributed by atoms with E-state index in [-0.39, 0.29) is 12.1 Å². The van der Waals surface area contributed by atoms with Crippen LogP contribution in [0.15, 0.2) is 43.0 Å². The van der Waals surface area contributed by atoms with Crippen molar-refractivity contribution in [3.8, 4) is 0 Å². The number of nitrogens with zero attached hydrogens (tertiary/aromatic N) is 4. The molecule has 1 aliphatic carbocycles. The highest BCUT2D eigenvalue weighted by Gasteiger charge is 2.20. The van der Waals surface area contributed by atoms with Gasteiger partial charge in [0.2, 0.25) is 5.95 Å². The van der Waals surface area contributed by atoms with Crippen molar-refractivity contribution in [2.45, 2.75) is 37.8 Å². The SMILES string of the molecule is O[C@H]1CC[C@H](Nc2ncc3ncnc(Nc4ccc5[nH]ccc5c4)c3n2)CC1. The topological polar surface area (TPSA) is 112 Å². The summed E-state index contributed by atoms with van der Waals surface area (Å²) in [4.78, 5) is 20.9. The number of hydrogen-bond donors (Lipinski definition) is 4. The van der Waals surface area contributed by atoms with E-state index in [1.54, 1.807) is 6.20 Å². The molecule has 1 saturated carbocycles. The van der Waals surface area contributed by atoms with Crippen molar-refractivity contribution in [3.05, 3.63) is 43.0 Å². The average Bonchev–Trinajstić information content (AvgIpc) is 3.18. The fraction of sp³-hybridized carbons (Fsp3) is 0.300. The Kier molecular flexibility index (Phi) is 4.25. The first-order valence-corrected chi connectivity index (χ1v) is 9.51. The van der Waals surface area contributed by atoms with E-state index in [0.717, 1.165) is 42.3 Å². The van der Waals surface area contributed by atoms with Crippen LogP contribution in [0.5, 0.6) is 0 Å². The van der Waals surface area contributed by atoms with Gasteiger partial charge in [-0.15, -0.1) is 0 Å². The van der Waals surface area contributed by atoms with Gasteiger partial charge in [-0.1, -0.05) is 0 Å². The number of H-pyrrole nitrogens is 1. The van der Waals surface area contributed by atoms with Crippen LogP contribution in [0, 0.1) is 0 Å². The average molecular weight is 375 g/mol. The Bertz CT molecular complexity index is 1120. The number of aromatic nitrogens is 5. The largest absolute Gasteiger partial charge is 0.393 e. The number of benzene rings is 1. The van der Waals surface area contributed by atoms with Gasteiger partial charge in [0.15, 0.2) is 5.82 Å². The van der Waals surface area contributed by atoms with Gasteiger partial charge in [-0.2, -0.15) is 0 Å². The fourth-order valence-corrected chi connectivity index (χ4v) is 3.69. The van der Waals surface area contributed by atoms with Gasteiger partial charge in [-0.05, 0) is 49.9 Å². The summed E-state index contributed by atoms with van der Waals surface area (Å²) in [6, 6.07) is 8.40. The van der Waals surface area contributed by atoms with Crippen LogP contribution in [0.4, 0.5) is 17.5 Å². The second-order valence-electron chi connectivity index (χ2n) is 7.20. The molecule has 0 unspecified atom stereocenters. The summed E-state index contributed by atoms with van der Waals surface area (Å²) in [6.45, 7) is 0. The highest BCUT2D eigenvalue weighted by atomic mass is 16.3. The highest BCUT2D eigenvalue weighted by Crippen LogP contribution is 2.26. The first-order chi connectivity index (χ1) is 13.7. The van der Waals surface area contributed by atoms with Gasteiger partial charge >= 0.3 is 0 Å². The van der Waals surface area contributed by atoms with E-state index in [1.807, 2.05) is 24.4 Å². The van der Waals surface area contributed by atoms with Crippen molar-refractivity contribution >= 4 is 39.4 Å². The molecule has 142 valence electrons. The molecule has 1 aliphatic rings. The second kappa shape index (κ2) is 7.05. The number of aromatic amines is 1.